The molecule has 1 amide bonds. The molecule has 0 N–H and O–H groups in total. The Morgan fingerprint density at radius 2 is 1.62 bits per heavy atom. The van der Waals surface area contributed by atoms with Crippen molar-refractivity contribution in [3.63, 3.8) is 0 Å². The van der Waals surface area contributed by atoms with E-state index in [-0.39, 0.29) is 10.8 Å². The van der Waals surface area contributed by atoms with Crippen molar-refractivity contribution in [1.29, 1.82) is 0 Å². The minimum Gasteiger partial charge on any atom is -0.340 e. The largest absolute Gasteiger partial charge is 0.340 e. The zero-order valence-corrected chi connectivity index (χ0v) is 19.0. The second kappa shape index (κ2) is 9.17. The first-order valence-corrected chi connectivity index (χ1v) is 12.3. The molecule has 1 aromatic heterocycles. The van der Waals surface area contributed by atoms with Crippen LogP contribution in [-0.4, -0.2) is 76.8 Å². The number of nitrogens with zero attached hydrogens (tertiary/aromatic N) is 6. The number of hydrogen-bond donors (Lipinski definition) is 0. The number of aryl methyl sites for hydroxylation is 1. The third-order valence-electron chi connectivity index (χ3n) is 5.61. The fourth-order valence-electron chi connectivity index (χ4n) is 3.69. The van der Waals surface area contributed by atoms with Crippen LogP contribution in [0.5, 0.6) is 0 Å². The number of benzene rings is 2. The van der Waals surface area contributed by atoms with E-state index in [0.29, 0.717) is 37.6 Å². The molecule has 0 unspecified atom stereocenters. The molecule has 9 nitrogen and oxygen atoms in total. The third kappa shape index (κ3) is 5.20. The molecule has 2 aromatic carbocycles. The summed E-state index contributed by atoms with van der Waals surface area (Å²) in [4.78, 5) is 17.0. The summed E-state index contributed by atoms with van der Waals surface area (Å²) in [5, 5.41) is 12.0. The number of rotatable bonds is 6. The van der Waals surface area contributed by atoms with Gasteiger partial charge in [0.15, 0.2) is 15.7 Å². The lowest BCUT2D eigenvalue weighted by atomic mass is 10.1. The van der Waals surface area contributed by atoms with Gasteiger partial charge in [-0.15, -0.1) is 5.10 Å². The zero-order valence-electron chi connectivity index (χ0n) is 18.2. The number of tetrazole rings is 1. The minimum absolute atomic E-state index is 0.143. The van der Waals surface area contributed by atoms with Gasteiger partial charge in [0, 0.05) is 32.4 Å². The summed E-state index contributed by atoms with van der Waals surface area (Å²) in [7, 11) is -3.26. The molecule has 0 spiro atoms. The Labute approximate surface area is 187 Å². The number of aromatic nitrogens is 4. The van der Waals surface area contributed by atoms with E-state index in [1.54, 1.807) is 28.9 Å². The summed E-state index contributed by atoms with van der Waals surface area (Å²) in [6.45, 7) is 5.37. The van der Waals surface area contributed by atoms with Gasteiger partial charge in [-0.2, -0.15) is 4.68 Å². The molecule has 0 radical (unpaired) electrons. The molecule has 3 aromatic rings. The first-order chi connectivity index (χ1) is 15.3. The van der Waals surface area contributed by atoms with Crippen LogP contribution < -0.4 is 0 Å². The summed E-state index contributed by atoms with van der Waals surface area (Å²) in [5.74, 6) is 0.806. The molecule has 0 bridgehead atoms. The second-order valence-corrected chi connectivity index (χ2v) is 10.1. The Morgan fingerprint density at radius 3 is 2.25 bits per heavy atom. The molecule has 1 fully saturated rings. The van der Waals surface area contributed by atoms with Gasteiger partial charge in [-0.1, -0.05) is 29.8 Å². The molecule has 0 atom stereocenters. The highest BCUT2D eigenvalue weighted by Crippen LogP contribution is 2.15. The minimum atomic E-state index is -3.26. The van der Waals surface area contributed by atoms with Crippen LogP contribution in [0.4, 0.5) is 0 Å². The van der Waals surface area contributed by atoms with Crippen molar-refractivity contribution >= 4 is 15.7 Å². The Bertz CT molecular complexity index is 1180. The molecular weight excluding hydrogens is 428 g/mol. The normalized spacial score (nSPS) is 15.1. The molecule has 1 aliphatic heterocycles. The summed E-state index contributed by atoms with van der Waals surface area (Å²) in [6.07, 6.45) is 1.59. The van der Waals surface area contributed by atoms with Crippen LogP contribution >= 0.6 is 0 Å². The monoisotopic (exact) mass is 454 g/mol. The average molecular weight is 455 g/mol. The van der Waals surface area contributed by atoms with E-state index < -0.39 is 9.84 Å². The van der Waals surface area contributed by atoms with Crippen molar-refractivity contribution in [3.8, 4) is 5.69 Å². The predicted octanol–water partition coefficient (Wildman–Crippen LogP) is 1.26. The molecule has 10 heteroatoms. The van der Waals surface area contributed by atoms with Crippen LogP contribution in [0.15, 0.2) is 53.4 Å². The Hall–Kier alpha value is -3.11. The maximum atomic E-state index is 12.6. The predicted molar refractivity (Wildman–Crippen MR) is 119 cm³/mol. The van der Waals surface area contributed by atoms with Crippen LogP contribution in [0.3, 0.4) is 0 Å². The van der Waals surface area contributed by atoms with Gasteiger partial charge < -0.3 is 4.90 Å². The summed E-state index contributed by atoms with van der Waals surface area (Å²) >= 11 is 0. The summed E-state index contributed by atoms with van der Waals surface area (Å²) < 4.78 is 24.9. The van der Waals surface area contributed by atoms with Crippen molar-refractivity contribution < 1.29 is 13.2 Å². The van der Waals surface area contributed by atoms with Crippen molar-refractivity contribution in [2.24, 2.45) is 0 Å². The molecule has 2 heterocycles. The van der Waals surface area contributed by atoms with E-state index in [2.05, 4.69) is 20.4 Å². The molecule has 1 aliphatic rings. The van der Waals surface area contributed by atoms with Crippen LogP contribution in [-0.2, 0) is 27.6 Å². The lowest BCUT2D eigenvalue weighted by molar-refractivity contribution is -0.132. The Balaban J connectivity index is 1.34. The number of carbonyl (C=O) groups excluding carboxylic acids is 1. The molecule has 0 aliphatic carbocycles. The molecule has 1 saturated heterocycles. The van der Waals surface area contributed by atoms with Crippen molar-refractivity contribution in [2.45, 2.75) is 24.8 Å². The zero-order chi connectivity index (χ0) is 22.7. The van der Waals surface area contributed by atoms with E-state index in [1.165, 1.54) is 11.8 Å². The molecule has 168 valence electrons. The van der Waals surface area contributed by atoms with Gasteiger partial charge in [-0.3, -0.25) is 9.69 Å². The fourth-order valence-corrected chi connectivity index (χ4v) is 4.32. The number of piperazine rings is 1. The van der Waals surface area contributed by atoms with Gasteiger partial charge in [-0.25, -0.2) is 8.42 Å². The number of carbonyl (C=O) groups is 1. The van der Waals surface area contributed by atoms with Crippen molar-refractivity contribution in [1.82, 2.24) is 30.0 Å². The SMILES string of the molecule is Cc1ccc(CC(=O)N2CCN(Cc3nnnn3-c3ccc(S(C)(=O)=O)cc3)CC2)cc1. The van der Waals surface area contributed by atoms with Gasteiger partial charge >= 0.3 is 0 Å². The summed E-state index contributed by atoms with van der Waals surface area (Å²) in [6, 6.07) is 14.6. The summed E-state index contributed by atoms with van der Waals surface area (Å²) in [5.41, 5.74) is 2.91. The topological polar surface area (TPSA) is 101 Å². The standard InChI is InChI=1S/C22H26N6O3S/c1-17-3-5-18(6-4-17)15-22(29)27-13-11-26(12-14-27)16-21-23-24-25-28(21)19-7-9-20(10-8-19)32(2,30)31/h3-10H,11-16H2,1-2H3. The maximum Gasteiger partial charge on any atom is 0.227 e. The lowest BCUT2D eigenvalue weighted by Gasteiger charge is -2.34. The molecule has 4 rings (SSSR count). The quantitative estimate of drug-likeness (QED) is 0.553. The highest BCUT2D eigenvalue weighted by atomic mass is 32.2. The number of amides is 1. The second-order valence-electron chi connectivity index (χ2n) is 8.09. The van der Waals surface area contributed by atoms with E-state index in [4.69, 9.17) is 0 Å². The van der Waals surface area contributed by atoms with Crippen molar-refractivity contribution in [2.75, 3.05) is 32.4 Å². The van der Waals surface area contributed by atoms with E-state index >= 15 is 0 Å². The van der Waals surface area contributed by atoms with Gasteiger partial charge in [-0.05, 0) is 47.2 Å². The first-order valence-electron chi connectivity index (χ1n) is 10.4. The van der Waals surface area contributed by atoms with Crippen molar-refractivity contribution in [3.05, 3.63) is 65.5 Å². The van der Waals surface area contributed by atoms with Gasteiger partial charge in [0.1, 0.15) is 0 Å². The van der Waals surface area contributed by atoms with Crippen LogP contribution in [0.1, 0.15) is 17.0 Å². The molecular formula is C22H26N6O3S. The lowest BCUT2D eigenvalue weighted by Crippen LogP contribution is -2.48. The number of hydrogen-bond acceptors (Lipinski definition) is 7. The third-order valence-corrected chi connectivity index (χ3v) is 6.74. The van der Waals surface area contributed by atoms with Crippen LogP contribution in [0.2, 0.25) is 0 Å². The van der Waals surface area contributed by atoms with E-state index in [0.717, 1.165) is 18.7 Å². The van der Waals surface area contributed by atoms with Crippen LogP contribution in [0, 0.1) is 6.92 Å². The highest BCUT2D eigenvalue weighted by Gasteiger charge is 2.23. The van der Waals surface area contributed by atoms with E-state index in [1.807, 2.05) is 36.1 Å². The Morgan fingerprint density at radius 1 is 0.969 bits per heavy atom. The van der Waals surface area contributed by atoms with Gasteiger partial charge in [0.25, 0.3) is 0 Å². The van der Waals surface area contributed by atoms with Gasteiger partial charge in [0.05, 0.1) is 23.5 Å². The first kappa shape index (κ1) is 22.1. The molecule has 0 saturated carbocycles. The molecule has 32 heavy (non-hydrogen) atoms. The van der Waals surface area contributed by atoms with Gasteiger partial charge in [0.2, 0.25) is 5.91 Å². The smallest absolute Gasteiger partial charge is 0.227 e. The Kier molecular flexibility index (Phi) is 6.33. The maximum absolute atomic E-state index is 12.6. The fraction of sp³-hybridized carbons (Fsp3) is 0.364. The van der Waals surface area contributed by atoms with E-state index in [9.17, 15) is 13.2 Å². The average Bonchev–Trinajstić information content (AvgIpc) is 3.23. The number of sulfone groups is 1. The van der Waals surface area contributed by atoms with Crippen LogP contribution in [0.25, 0.3) is 5.69 Å². The highest BCUT2D eigenvalue weighted by molar-refractivity contribution is 7.90.